The number of hydrogen-bond acceptors (Lipinski definition) is 6. The molecule has 0 aliphatic rings. The van der Waals surface area contributed by atoms with E-state index in [9.17, 15) is 24.1 Å². The van der Waals surface area contributed by atoms with E-state index >= 15 is 0 Å². The van der Waals surface area contributed by atoms with Crippen molar-refractivity contribution in [3.8, 4) is 0 Å². The summed E-state index contributed by atoms with van der Waals surface area (Å²) in [6.45, 7) is -0.469. The number of esters is 1. The third-order valence-electron chi connectivity index (χ3n) is 3.19. The van der Waals surface area contributed by atoms with Crippen LogP contribution in [0.3, 0.4) is 0 Å². The van der Waals surface area contributed by atoms with Gasteiger partial charge in [-0.15, -0.1) is 11.8 Å². The number of carbonyl (C=O) groups is 2. The number of amides is 1. The molecule has 2 aromatic rings. The average Bonchev–Trinajstić information content (AvgIpc) is 2.63. The van der Waals surface area contributed by atoms with Gasteiger partial charge in [0.1, 0.15) is 5.82 Å². The molecule has 10 heteroatoms. The molecule has 0 aromatic heterocycles. The molecule has 142 valence electrons. The van der Waals surface area contributed by atoms with E-state index in [4.69, 9.17) is 4.74 Å². The minimum Gasteiger partial charge on any atom is -0.456 e. The van der Waals surface area contributed by atoms with Gasteiger partial charge < -0.3 is 10.1 Å². The second kappa shape index (κ2) is 10.0. The smallest absolute Gasteiger partial charge is 0.307 e. The van der Waals surface area contributed by atoms with Gasteiger partial charge in [0.25, 0.3) is 11.6 Å². The molecule has 1 N–H and O–H groups in total. The number of nitrogens with zero attached hydrogens (tertiary/aromatic N) is 1. The van der Waals surface area contributed by atoms with Crippen LogP contribution in [0.25, 0.3) is 0 Å². The Bertz CT molecular complexity index is 848. The Hall–Kier alpha value is -2.46. The van der Waals surface area contributed by atoms with E-state index in [-0.39, 0.29) is 17.9 Å². The molecule has 0 spiro atoms. The van der Waals surface area contributed by atoms with Gasteiger partial charge in [0.15, 0.2) is 6.61 Å². The SMILES string of the molecule is O=C(COC(=O)CCSc1ccc(F)cc1)Nc1ccc([N+](=O)[O-])cc1Br. The van der Waals surface area contributed by atoms with Crippen LogP contribution in [0.5, 0.6) is 0 Å². The van der Waals surface area contributed by atoms with Gasteiger partial charge in [-0.2, -0.15) is 0 Å². The van der Waals surface area contributed by atoms with Crippen molar-refractivity contribution in [3.63, 3.8) is 0 Å². The van der Waals surface area contributed by atoms with Crippen LogP contribution in [0.1, 0.15) is 6.42 Å². The molecule has 1 amide bonds. The van der Waals surface area contributed by atoms with Crippen molar-refractivity contribution in [1.82, 2.24) is 0 Å². The van der Waals surface area contributed by atoms with Crippen LogP contribution in [-0.4, -0.2) is 29.2 Å². The Labute approximate surface area is 166 Å². The molecule has 27 heavy (non-hydrogen) atoms. The number of ether oxygens (including phenoxy) is 1. The van der Waals surface area contributed by atoms with Crippen LogP contribution in [0.2, 0.25) is 0 Å². The second-order valence-corrected chi connectivity index (χ2v) is 7.21. The van der Waals surface area contributed by atoms with Gasteiger partial charge in [0, 0.05) is 27.3 Å². The molecule has 2 aromatic carbocycles. The van der Waals surface area contributed by atoms with Gasteiger partial charge in [-0.1, -0.05) is 0 Å². The lowest BCUT2D eigenvalue weighted by atomic mass is 10.3. The van der Waals surface area contributed by atoms with Crippen LogP contribution < -0.4 is 5.32 Å². The van der Waals surface area contributed by atoms with Crippen molar-refractivity contribution in [2.45, 2.75) is 11.3 Å². The Morgan fingerprint density at radius 3 is 2.56 bits per heavy atom. The highest BCUT2D eigenvalue weighted by molar-refractivity contribution is 9.10. The lowest BCUT2D eigenvalue weighted by Crippen LogP contribution is -2.21. The number of carbonyl (C=O) groups excluding carboxylic acids is 2. The first kappa shape index (κ1) is 20.8. The summed E-state index contributed by atoms with van der Waals surface area (Å²) in [6.07, 6.45) is 0.0938. The quantitative estimate of drug-likeness (QED) is 0.277. The normalized spacial score (nSPS) is 10.3. The summed E-state index contributed by atoms with van der Waals surface area (Å²) < 4.78 is 18.0. The van der Waals surface area contributed by atoms with Crippen LogP contribution in [-0.2, 0) is 14.3 Å². The molecule has 0 radical (unpaired) electrons. The molecule has 0 aliphatic heterocycles. The Morgan fingerprint density at radius 2 is 1.93 bits per heavy atom. The molecule has 0 atom stereocenters. The summed E-state index contributed by atoms with van der Waals surface area (Å²) in [5, 5.41) is 13.2. The molecule has 2 rings (SSSR count). The van der Waals surface area contributed by atoms with E-state index in [1.54, 1.807) is 12.1 Å². The highest BCUT2D eigenvalue weighted by atomic mass is 79.9. The lowest BCUT2D eigenvalue weighted by Gasteiger charge is -2.08. The minimum absolute atomic E-state index is 0.0938. The highest BCUT2D eigenvalue weighted by Gasteiger charge is 2.13. The summed E-state index contributed by atoms with van der Waals surface area (Å²) in [5.74, 6) is -1.00. The molecule has 0 saturated carbocycles. The van der Waals surface area contributed by atoms with Gasteiger partial charge >= 0.3 is 5.97 Å². The minimum atomic E-state index is -0.566. The Morgan fingerprint density at radius 1 is 1.22 bits per heavy atom. The molecule has 7 nitrogen and oxygen atoms in total. The predicted molar refractivity (Wildman–Crippen MR) is 102 cm³/mol. The predicted octanol–water partition coefficient (Wildman–Crippen LogP) is 4.16. The van der Waals surface area contributed by atoms with Crippen molar-refractivity contribution in [2.24, 2.45) is 0 Å². The summed E-state index contributed by atoms with van der Waals surface area (Å²) in [4.78, 5) is 34.5. The maximum absolute atomic E-state index is 12.8. The first-order valence-electron chi connectivity index (χ1n) is 7.63. The summed E-state index contributed by atoms with van der Waals surface area (Å²) in [7, 11) is 0. The molecule has 0 fully saturated rings. The molecular weight excluding hydrogens is 443 g/mol. The lowest BCUT2D eigenvalue weighted by molar-refractivity contribution is -0.384. The van der Waals surface area contributed by atoms with Crippen molar-refractivity contribution in [1.29, 1.82) is 0 Å². The number of benzene rings is 2. The summed E-state index contributed by atoms with van der Waals surface area (Å²) in [6, 6.07) is 9.78. The van der Waals surface area contributed by atoms with Gasteiger partial charge in [-0.25, -0.2) is 4.39 Å². The van der Waals surface area contributed by atoms with Gasteiger partial charge in [0.2, 0.25) is 0 Å². The van der Waals surface area contributed by atoms with Gasteiger partial charge in [0.05, 0.1) is 17.0 Å². The molecule has 0 bridgehead atoms. The van der Waals surface area contributed by atoms with E-state index < -0.39 is 23.4 Å². The zero-order valence-electron chi connectivity index (χ0n) is 13.8. The van der Waals surface area contributed by atoms with E-state index in [0.717, 1.165) is 4.90 Å². The molecule has 0 saturated heterocycles. The third-order valence-corrected chi connectivity index (χ3v) is 4.86. The van der Waals surface area contributed by atoms with Crippen LogP contribution in [0.15, 0.2) is 51.8 Å². The number of halogens is 2. The van der Waals surface area contributed by atoms with E-state index in [1.165, 1.54) is 42.1 Å². The number of thioether (sulfide) groups is 1. The number of nitro groups is 1. The van der Waals surface area contributed by atoms with E-state index in [0.29, 0.717) is 15.9 Å². The number of non-ortho nitro benzene ring substituents is 1. The zero-order chi connectivity index (χ0) is 19.8. The van der Waals surface area contributed by atoms with E-state index in [2.05, 4.69) is 21.2 Å². The fourth-order valence-electron chi connectivity index (χ4n) is 1.91. The monoisotopic (exact) mass is 456 g/mol. The molecule has 0 unspecified atom stereocenters. The zero-order valence-corrected chi connectivity index (χ0v) is 16.2. The van der Waals surface area contributed by atoms with Crippen molar-refractivity contribution >= 4 is 50.9 Å². The Balaban J connectivity index is 1.72. The topological polar surface area (TPSA) is 98.5 Å². The van der Waals surface area contributed by atoms with Gasteiger partial charge in [-0.05, 0) is 46.3 Å². The maximum atomic E-state index is 12.8. The first-order valence-corrected chi connectivity index (χ1v) is 9.41. The largest absolute Gasteiger partial charge is 0.456 e. The van der Waals surface area contributed by atoms with Crippen LogP contribution in [0, 0.1) is 15.9 Å². The number of nitrogens with one attached hydrogen (secondary N) is 1. The third kappa shape index (κ3) is 6.99. The number of nitro benzene ring substituents is 1. The van der Waals surface area contributed by atoms with Crippen molar-refractivity contribution in [3.05, 3.63) is 62.9 Å². The second-order valence-electron chi connectivity index (χ2n) is 5.18. The summed E-state index contributed by atoms with van der Waals surface area (Å²) >= 11 is 4.50. The number of hydrogen-bond donors (Lipinski definition) is 1. The van der Waals surface area contributed by atoms with Crippen molar-refractivity contribution in [2.75, 3.05) is 17.7 Å². The fraction of sp³-hybridized carbons (Fsp3) is 0.176. The van der Waals surface area contributed by atoms with Gasteiger partial charge in [-0.3, -0.25) is 19.7 Å². The molecule has 0 aliphatic carbocycles. The van der Waals surface area contributed by atoms with E-state index in [1.807, 2.05) is 0 Å². The molecule has 0 heterocycles. The Kier molecular flexibility index (Phi) is 7.74. The average molecular weight is 457 g/mol. The van der Waals surface area contributed by atoms with Crippen molar-refractivity contribution < 1.29 is 23.6 Å². The molecular formula is C17H14BrFN2O5S. The number of rotatable bonds is 8. The number of anilines is 1. The first-order chi connectivity index (χ1) is 12.8. The van der Waals surface area contributed by atoms with Crippen LogP contribution >= 0.6 is 27.7 Å². The van der Waals surface area contributed by atoms with Crippen LogP contribution in [0.4, 0.5) is 15.8 Å². The summed E-state index contributed by atoms with van der Waals surface area (Å²) in [5.41, 5.74) is 0.207. The highest BCUT2D eigenvalue weighted by Crippen LogP contribution is 2.27. The fourth-order valence-corrected chi connectivity index (χ4v) is 3.21. The maximum Gasteiger partial charge on any atom is 0.307 e. The standard InChI is InChI=1S/C17H14BrFN2O5S/c18-14-9-12(21(24)25)3-6-15(14)20-16(22)10-26-17(23)7-8-27-13-4-1-11(19)2-5-13/h1-6,9H,7-8,10H2,(H,20,22).